The lowest BCUT2D eigenvalue weighted by Gasteiger charge is -2.37. The van der Waals surface area contributed by atoms with Gasteiger partial charge in [0, 0.05) is 44.4 Å². The topological polar surface area (TPSA) is 48.9 Å². The molecule has 168 valence electrons. The van der Waals surface area contributed by atoms with Gasteiger partial charge in [-0.25, -0.2) is 9.38 Å². The van der Waals surface area contributed by atoms with E-state index < -0.39 is 0 Å². The molecule has 1 fully saturated rings. The molecule has 31 heavy (non-hydrogen) atoms. The largest absolute Gasteiger partial charge is 0.380 e. The van der Waals surface area contributed by atoms with Gasteiger partial charge in [-0.2, -0.15) is 0 Å². The zero-order valence-corrected chi connectivity index (χ0v) is 18.9. The predicted octanol–water partition coefficient (Wildman–Crippen LogP) is 4.25. The van der Waals surface area contributed by atoms with Gasteiger partial charge in [0.15, 0.2) is 5.96 Å². The Kier molecular flexibility index (Phi) is 8.85. The summed E-state index contributed by atoms with van der Waals surface area (Å²) >= 11 is 0. The van der Waals surface area contributed by atoms with Crippen LogP contribution < -0.4 is 10.6 Å². The molecule has 0 aromatic heterocycles. The molecule has 1 unspecified atom stereocenters. The lowest BCUT2D eigenvalue weighted by atomic mass is 10.0. The van der Waals surface area contributed by atoms with E-state index >= 15 is 0 Å². The van der Waals surface area contributed by atoms with Crippen molar-refractivity contribution in [2.75, 3.05) is 26.7 Å². The highest BCUT2D eigenvalue weighted by molar-refractivity contribution is 5.80. The van der Waals surface area contributed by atoms with Crippen molar-refractivity contribution in [3.05, 3.63) is 71.0 Å². The molecule has 0 bridgehead atoms. The van der Waals surface area contributed by atoms with Gasteiger partial charge in [-0.05, 0) is 49.9 Å². The van der Waals surface area contributed by atoms with E-state index in [2.05, 4.69) is 59.7 Å². The number of guanidine groups is 1. The highest BCUT2D eigenvalue weighted by atomic mass is 19.1. The van der Waals surface area contributed by atoms with Gasteiger partial charge in [-0.1, -0.05) is 36.4 Å². The molecule has 1 heterocycles. The molecule has 0 radical (unpaired) electrons. The molecule has 1 aliphatic heterocycles. The van der Waals surface area contributed by atoms with Crippen LogP contribution in [0.4, 0.5) is 4.39 Å². The fourth-order valence-electron chi connectivity index (χ4n) is 4.05. The van der Waals surface area contributed by atoms with Crippen LogP contribution in [0.5, 0.6) is 0 Å². The van der Waals surface area contributed by atoms with Crippen molar-refractivity contribution in [2.45, 2.75) is 51.9 Å². The van der Waals surface area contributed by atoms with Gasteiger partial charge in [0.1, 0.15) is 5.82 Å². The summed E-state index contributed by atoms with van der Waals surface area (Å²) in [5.74, 6) is 0.575. The van der Waals surface area contributed by atoms with Crippen molar-refractivity contribution in [1.29, 1.82) is 0 Å². The number of nitrogens with zero attached hydrogens (tertiary/aromatic N) is 2. The Morgan fingerprint density at radius 2 is 1.94 bits per heavy atom. The fourth-order valence-corrected chi connectivity index (χ4v) is 4.05. The van der Waals surface area contributed by atoms with Crippen LogP contribution in [0.25, 0.3) is 0 Å². The van der Waals surface area contributed by atoms with Crippen molar-refractivity contribution in [3.8, 4) is 0 Å². The molecule has 5 nitrogen and oxygen atoms in total. The number of piperidine rings is 1. The number of likely N-dealkylation sites (tertiary alicyclic amines) is 1. The summed E-state index contributed by atoms with van der Waals surface area (Å²) < 4.78 is 18.9. The molecule has 0 spiro atoms. The number of hydrogen-bond acceptors (Lipinski definition) is 3. The zero-order chi connectivity index (χ0) is 22.1. The minimum absolute atomic E-state index is 0.240. The Morgan fingerprint density at radius 3 is 2.61 bits per heavy atom. The standard InChI is InChI=1S/C25H35FN4O/c1-4-27-25(28-17-20-10-11-24(26)22(16-20)18-31-3)29-23-12-14-30(15-13-23)19(2)21-8-6-5-7-9-21/h5-11,16,19,23H,4,12-15,17-18H2,1-3H3,(H2,27,28,29). The molecule has 2 aromatic carbocycles. The average molecular weight is 427 g/mol. The van der Waals surface area contributed by atoms with E-state index in [1.165, 1.54) is 11.6 Å². The molecule has 0 aliphatic carbocycles. The van der Waals surface area contributed by atoms with Gasteiger partial charge < -0.3 is 15.4 Å². The van der Waals surface area contributed by atoms with Crippen LogP contribution in [0, 0.1) is 5.82 Å². The van der Waals surface area contributed by atoms with E-state index in [1.807, 2.05) is 6.07 Å². The number of hydrogen-bond donors (Lipinski definition) is 2. The van der Waals surface area contributed by atoms with Crippen LogP contribution in [0.1, 0.15) is 49.4 Å². The van der Waals surface area contributed by atoms with Crippen molar-refractivity contribution in [3.63, 3.8) is 0 Å². The maximum atomic E-state index is 13.8. The van der Waals surface area contributed by atoms with Crippen LogP contribution in [-0.4, -0.2) is 43.6 Å². The van der Waals surface area contributed by atoms with Crippen molar-refractivity contribution in [1.82, 2.24) is 15.5 Å². The number of benzene rings is 2. The highest BCUT2D eigenvalue weighted by Crippen LogP contribution is 2.24. The number of methoxy groups -OCH3 is 1. The predicted molar refractivity (Wildman–Crippen MR) is 125 cm³/mol. The zero-order valence-electron chi connectivity index (χ0n) is 18.9. The van der Waals surface area contributed by atoms with Crippen LogP contribution in [0.15, 0.2) is 53.5 Å². The summed E-state index contributed by atoms with van der Waals surface area (Å²) in [5.41, 5.74) is 2.90. The third-order valence-electron chi connectivity index (χ3n) is 5.87. The van der Waals surface area contributed by atoms with E-state index in [4.69, 9.17) is 9.73 Å². The minimum Gasteiger partial charge on any atom is -0.380 e. The van der Waals surface area contributed by atoms with Crippen LogP contribution >= 0.6 is 0 Å². The van der Waals surface area contributed by atoms with Crippen LogP contribution in [0.3, 0.4) is 0 Å². The first-order valence-corrected chi connectivity index (χ1v) is 11.2. The second-order valence-electron chi connectivity index (χ2n) is 8.10. The molecule has 1 atom stereocenters. The summed E-state index contributed by atoms with van der Waals surface area (Å²) in [4.78, 5) is 7.28. The molecule has 1 saturated heterocycles. The summed E-state index contributed by atoms with van der Waals surface area (Å²) in [6.07, 6.45) is 2.16. The normalized spacial score (nSPS) is 16.8. The molecule has 1 aliphatic rings. The molecule has 2 aromatic rings. The molecular formula is C25H35FN4O. The van der Waals surface area contributed by atoms with Crippen molar-refractivity contribution in [2.24, 2.45) is 4.99 Å². The first-order valence-electron chi connectivity index (χ1n) is 11.2. The lowest BCUT2D eigenvalue weighted by Crippen LogP contribution is -2.49. The highest BCUT2D eigenvalue weighted by Gasteiger charge is 2.24. The molecular weight excluding hydrogens is 391 g/mol. The fraction of sp³-hybridized carbons (Fsp3) is 0.480. The number of ether oxygens (including phenoxy) is 1. The third-order valence-corrected chi connectivity index (χ3v) is 5.87. The monoisotopic (exact) mass is 426 g/mol. The SMILES string of the molecule is CCNC(=NCc1ccc(F)c(COC)c1)NC1CCN(C(C)c2ccccc2)CC1. The molecule has 3 rings (SSSR count). The van der Waals surface area contributed by atoms with Gasteiger partial charge in [0.25, 0.3) is 0 Å². The van der Waals surface area contributed by atoms with Crippen molar-refractivity contribution >= 4 is 5.96 Å². The van der Waals surface area contributed by atoms with Gasteiger partial charge in [-0.3, -0.25) is 4.90 Å². The molecule has 0 saturated carbocycles. The first kappa shape index (κ1) is 23.2. The molecule has 0 amide bonds. The van der Waals surface area contributed by atoms with E-state index in [1.54, 1.807) is 13.2 Å². The Balaban J connectivity index is 1.55. The minimum atomic E-state index is -0.240. The van der Waals surface area contributed by atoms with Gasteiger partial charge in [0.05, 0.1) is 13.2 Å². The second kappa shape index (κ2) is 11.8. The van der Waals surface area contributed by atoms with Crippen molar-refractivity contribution < 1.29 is 9.13 Å². The Morgan fingerprint density at radius 1 is 1.19 bits per heavy atom. The molecule has 6 heteroatoms. The summed E-state index contributed by atoms with van der Waals surface area (Å²) in [5, 5.41) is 6.93. The number of aliphatic imine (C=N–C) groups is 1. The quantitative estimate of drug-likeness (QED) is 0.489. The summed E-state index contributed by atoms with van der Waals surface area (Å²) in [7, 11) is 1.57. The lowest BCUT2D eigenvalue weighted by molar-refractivity contribution is 0.158. The van der Waals surface area contributed by atoms with Gasteiger partial charge >= 0.3 is 0 Å². The maximum absolute atomic E-state index is 13.8. The van der Waals surface area contributed by atoms with E-state index in [0.717, 1.165) is 44.0 Å². The second-order valence-corrected chi connectivity index (χ2v) is 8.10. The van der Waals surface area contributed by atoms with E-state index in [9.17, 15) is 4.39 Å². The Labute approximate surface area is 185 Å². The van der Waals surface area contributed by atoms with Gasteiger partial charge in [-0.15, -0.1) is 0 Å². The summed E-state index contributed by atoms with van der Waals surface area (Å²) in [6.45, 7) is 8.04. The average Bonchev–Trinajstić information content (AvgIpc) is 2.80. The van der Waals surface area contributed by atoms with E-state index in [0.29, 0.717) is 24.2 Å². The Bertz CT molecular complexity index is 835. The third kappa shape index (κ3) is 6.77. The summed E-state index contributed by atoms with van der Waals surface area (Å²) in [6, 6.07) is 16.6. The maximum Gasteiger partial charge on any atom is 0.191 e. The number of rotatable bonds is 8. The van der Waals surface area contributed by atoms with Gasteiger partial charge in [0.2, 0.25) is 0 Å². The first-order chi connectivity index (χ1) is 15.1. The van der Waals surface area contributed by atoms with Crippen LogP contribution in [0.2, 0.25) is 0 Å². The number of halogens is 1. The van der Waals surface area contributed by atoms with Crippen LogP contribution in [-0.2, 0) is 17.9 Å². The Hall–Kier alpha value is -2.44. The van der Waals surface area contributed by atoms with E-state index in [-0.39, 0.29) is 12.4 Å². The smallest absolute Gasteiger partial charge is 0.191 e. The molecule has 2 N–H and O–H groups in total. The number of nitrogens with one attached hydrogen (secondary N) is 2.